The first-order valence-corrected chi connectivity index (χ1v) is 6.45. The molecule has 0 spiro atoms. The van der Waals surface area contributed by atoms with Crippen molar-refractivity contribution in [3.63, 3.8) is 0 Å². The lowest BCUT2D eigenvalue weighted by molar-refractivity contribution is -0.274. The summed E-state index contributed by atoms with van der Waals surface area (Å²) in [6.45, 7) is 1.94. The van der Waals surface area contributed by atoms with Gasteiger partial charge in [0, 0.05) is 5.88 Å². The number of halogens is 4. The molecule has 0 atom stereocenters. The smallest absolute Gasteiger partial charge is 0.406 e. The van der Waals surface area contributed by atoms with Crippen LogP contribution >= 0.6 is 11.6 Å². The first-order valence-electron chi connectivity index (χ1n) is 5.91. The molecule has 106 valence electrons. The molecule has 20 heavy (non-hydrogen) atoms. The molecule has 0 aliphatic carbocycles. The Kier molecular flexibility index (Phi) is 4.23. The molecule has 0 heterocycles. The van der Waals surface area contributed by atoms with Gasteiger partial charge in [-0.05, 0) is 41.3 Å². The van der Waals surface area contributed by atoms with E-state index in [-0.39, 0.29) is 5.75 Å². The molecule has 1 nitrogen and oxygen atoms in total. The SMILES string of the molecule is Cc1c(CCl)cccc1-c1ccc(OC(F)(F)F)cc1. The summed E-state index contributed by atoms with van der Waals surface area (Å²) in [7, 11) is 0. The highest BCUT2D eigenvalue weighted by atomic mass is 35.5. The van der Waals surface area contributed by atoms with Crippen molar-refractivity contribution < 1.29 is 17.9 Å². The highest BCUT2D eigenvalue weighted by molar-refractivity contribution is 6.17. The fourth-order valence-corrected chi connectivity index (χ4v) is 2.27. The maximum Gasteiger partial charge on any atom is 0.573 e. The maximum absolute atomic E-state index is 12.1. The molecule has 0 radical (unpaired) electrons. The molecule has 2 rings (SSSR count). The van der Waals surface area contributed by atoms with Gasteiger partial charge in [0.2, 0.25) is 0 Å². The molecule has 0 aromatic heterocycles. The van der Waals surface area contributed by atoms with Gasteiger partial charge < -0.3 is 4.74 Å². The summed E-state index contributed by atoms with van der Waals surface area (Å²) in [6.07, 6.45) is -4.67. The van der Waals surface area contributed by atoms with Crippen molar-refractivity contribution in [1.82, 2.24) is 0 Å². The summed E-state index contributed by atoms with van der Waals surface area (Å²) >= 11 is 5.84. The first-order chi connectivity index (χ1) is 9.40. The minimum atomic E-state index is -4.67. The second kappa shape index (κ2) is 5.75. The van der Waals surface area contributed by atoms with E-state index in [0.717, 1.165) is 22.3 Å². The van der Waals surface area contributed by atoms with Crippen molar-refractivity contribution in [3.8, 4) is 16.9 Å². The third kappa shape index (κ3) is 3.45. The van der Waals surface area contributed by atoms with Gasteiger partial charge in [-0.15, -0.1) is 24.8 Å². The fraction of sp³-hybridized carbons (Fsp3) is 0.200. The van der Waals surface area contributed by atoms with Crippen molar-refractivity contribution >= 4 is 11.6 Å². The van der Waals surface area contributed by atoms with Crippen molar-refractivity contribution in [2.75, 3.05) is 0 Å². The largest absolute Gasteiger partial charge is 0.573 e. The topological polar surface area (TPSA) is 9.23 Å². The minimum Gasteiger partial charge on any atom is -0.406 e. The third-order valence-corrected chi connectivity index (χ3v) is 3.28. The van der Waals surface area contributed by atoms with E-state index < -0.39 is 6.36 Å². The van der Waals surface area contributed by atoms with Gasteiger partial charge in [-0.3, -0.25) is 0 Å². The standard InChI is InChI=1S/C15H12ClF3O/c1-10-12(9-16)3-2-4-14(10)11-5-7-13(8-6-11)20-15(17,18)19/h2-8H,9H2,1H3. The second-order valence-electron chi connectivity index (χ2n) is 4.30. The molecule has 5 heteroatoms. The van der Waals surface area contributed by atoms with Gasteiger partial charge >= 0.3 is 6.36 Å². The lowest BCUT2D eigenvalue weighted by Crippen LogP contribution is -2.16. The summed E-state index contributed by atoms with van der Waals surface area (Å²) in [5.41, 5.74) is 3.79. The van der Waals surface area contributed by atoms with Crippen LogP contribution in [0, 0.1) is 6.92 Å². The van der Waals surface area contributed by atoms with Gasteiger partial charge in [0.05, 0.1) is 0 Å². The molecule has 0 saturated heterocycles. The van der Waals surface area contributed by atoms with Crippen LogP contribution in [0.2, 0.25) is 0 Å². The van der Waals surface area contributed by atoms with E-state index in [4.69, 9.17) is 11.6 Å². The van der Waals surface area contributed by atoms with Gasteiger partial charge in [-0.1, -0.05) is 30.3 Å². The van der Waals surface area contributed by atoms with Crippen molar-refractivity contribution in [2.45, 2.75) is 19.2 Å². The molecule has 0 aliphatic rings. The zero-order chi connectivity index (χ0) is 14.8. The normalized spacial score (nSPS) is 11.4. The van der Waals surface area contributed by atoms with E-state index in [1.165, 1.54) is 12.1 Å². The number of hydrogen-bond acceptors (Lipinski definition) is 1. The Bertz CT molecular complexity index is 591. The van der Waals surface area contributed by atoms with Crippen LogP contribution in [0.15, 0.2) is 42.5 Å². The molecule has 0 bridgehead atoms. The Labute approximate surface area is 119 Å². The van der Waals surface area contributed by atoms with E-state index >= 15 is 0 Å². The fourth-order valence-electron chi connectivity index (χ4n) is 1.98. The number of rotatable bonds is 3. The van der Waals surface area contributed by atoms with Crippen molar-refractivity contribution in [1.29, 1.82) is 0 Å². The Morgan fingerprint density at radius 1 is 1.05 bits per heavy atom. The van der Waals surface area contributed by atoms with E-state index in [9.17, 15) is 13.2 Å². The molecule has 0 saturated carbocycles. The molecule has 0 fully saturated rings. The van der Waals surface area contributed by atoms with Gasteiger partial charge in [0.1, 0.15) is 5.75 Å². The predicted octanol–water partition coefficient (Wildman–Crippen LogP) is 5.30. The lowest BCUT2D eigenvalue weighted by atomic mass is 9.97. The van der Waals surface area contributed by atoms with Crippen LogP contribution in [0.4, 0.5) is 13.2 Å². The maximum atomic E-state index is 12.1. The summed E-state index contributed by atoms with van der Waals surface area (Å²) in [5.74, 6) is 0.169. The molecule has 0 N–H and O–H groups in total. The molecule has 0 aliphatic heterocycles. The minimum absolute atomic E-state index is 0.229. The highest BCUT2D eigenvalue weighted by Gasteiger charge is 2.30. The Balaban J connectivity index is 2.31. The quantitative estimate of drug-likeness (QED) is 0.699. The van der Waals surface area contributed by atoms with Gasteiger partial charge in [-0.2, -0.15) is 0 Å². The molecule has 2 aromatic rings. The highest BCUT2D eigenvalue weighted by Crippen LogP contribution is 2.29. The monoisotopic (exact) mass is 300 g/mol. The molecule has 0 amide bonds. The van der Waals surface area contributed by atoms with Crippen LogP contribution in [0.5, 0.6) is 5.75 Å². The van der Waals surface area contributed by atoms with Gasteiger partial charge in [0.25, 0.3) is 0 Å². The Morgan fingerprint density at radius 3 is 2.25 bits per heavy atom. The van der Waals surface area contributed by atoms with Crippen LogP contribution in [-0.2, 0) is 5.88 Å². The second-order valence-corrected chi connectivity index (χ2v) is 4.56. The average Bonchev–Trinajstić information content (AvgIpc) is 2.38. The number of hydrogen-bond donors (Lipinski definition) is 0. The van der Waals surface area contributed by atoms with Gasteiger partial charge in [-0.25, -0.2) is 0 Å². The average molecular weight is 301 g/mol. The Morgan fingerprint density at radius 2 is 1.70 bits per heavy atom. The zero-order valence-electron chi connectivity index (χ0n) is 10.7. The molecule has 2 aromatic carbocycles. The van der Waals surface area contributed by atoms with Crippen LogP contribution in [0.3, 0.4) is 0 Å². The van der Waals surface area contributed by atoms with Crippen LogP contribution in [0.1, 0.15) is 11.1 Å². The molecular formula is C15H12ClF3O. The number of benzene rings is 2. The molecule has 0 unspecified atom stereocenters. The van der Waals surface area contributed by atoms with Crippen molar-refractivity contribution in [3.05, 3.63) is 53.6 Å². The Hall–Kier alpha value is -1.68. The van der Waals surface area contributed by atoms with E-state index in [1.54, 1.807) is 12.1 Å². The van der Waals surface area contributed by atoms with Crippen LogP contribution in [-0.4, -0.2) is 6.36 Å². The summed E-state index contributed by atoms with van der Waals surface area (Å²) in [5, 5.41) is 0. The lowest BCUT2D eigenvalue weighted by Gasteiger charge is -2.12. The van der Waals surface area contributed by atoms with Gasteiger partial charge in [0.15, 0.2) is 0 Å². The first kappa shape index (κ1) is 14.7. The van der Waals surface area contributed by atoms with Crippen molar-refractivity contribution in [2.24, 2.45) is 0 Å². The predicted molar refractivity (Wildman–Crippen MR) is 72.9 cm³/mol. The zero-order valence-corrected chi connectivity index (χ0v) is 11.4. The van der Waals surface area contributed by atoms with Crippen LogP contribution < -0.4 is 4.74 Å². The van der Waals surface area contributed by atoms with E-state index in [1.807, 2.05) is 25.1 Å². The van der Waals surface area contributed by atoms with E-state index in [2.05, 4.69) is 4.74 Å². The van der Waals surface area contributed by atoms with Crippen LogP contribution in [0.25, 0.3) is 11.1 Å². The molecular weight excluding hydrogens is 289 g/mol. The summed E-state index contributed by atoms with van der Waals surface area (Å²) in [4.78, 5) is 0. The summed E-state index contributed by atoms with van der Waals surface area (Å²) in [6, 6.07) is 11.5. The summed E-state index contributed by atoms with van der Waals surface area (Å²) < 4.78 is 40.1. The third-order valence-electron chi connectivity index (χ3n) is 2.99. The van der Waals surface area contributed by atoms with E-state index in [0.29, 0.717) is 5.88 Å². The number of alkyl halides is 4. The number of ether oxygens (including phenoxy) is 1.